The molecule has 0 N–H and O–H groups in total. The summed E-state index contributed by atoms with van der Waals surface area (Å²) in [6.45, 7) is 5.29. The van der Waals surface area contributed by atoms with E-state index in [0.717, 1.165) is 38.5 Å². The van der Waals surface area contributed by atoms with E-state index < -0.39 is 39.7 Å². The van der Waals surface area contributed by atoms with Crippen LogP contribution in [0.4, 0.5) is 0 Å². The Bertz CT molecular complexity index is 1020. The van der Waals surface area contributed by atoms with Crippen molar-refractivity contribution in [2.45, 2.75) is 244 Å². The SMILES string of the molecule is CCCCCCCCCCCCCCCCCCOC(=O)CC(C(=O)OCCCCCCCCCCCCCCCCCC)S(=O)(=O)OC(=O)CCCN(C)C. The van der Waals surface area contributed by atoms with Crippen LogP contribution < -0.4 is 0 Å². The highest BCUT2D eigenvalue weighted by atomic mass is 32.2. The molecule has 1 atom stereocenters. The van der Waals surface area contributed by atoms with Crippen LogP contribution in [0.25, 0.3) is 0 Å². The summed E-state index contributed by atoms with van der Waals surface area (Å²) in [7, 11) is -1.05. The summed E-state index contributed by atoms with van der Waals surface area (Å²) in [5.41, 5.74) is 0. The van der Waals surface area contributed by atoms with E-state index in [1.54, 1.807) is 0 Å². The Morgan fingerprint density at radius 2 is 0.768 bits per heavy atom. The summed E-state index contributed by atoms with van der Waals surface area (Å²) < 4.78 is 41.6. The highest BCUT2D eigenvalue weighted by molar-refractivity contribution is 7.88. The van der Waals surface area contributed by atoms with Gasteiger partial charge in [-0.05, 0) is 39.9 Å². The molecule has 0 aromatic carbocycles. The molecule has 0 aliphatic rings. The number of carbonyl (C=O) groups excluding carboxylic acids is 3. The molecule has 0 aliphatic heterocycles. The molecule has 0 saturated carbocycles. The van der Waals surface area contributed by atoms with Crippen LogP contribution in [0.5, 0.6) is 0 Å². The maximum absolute atomic E-state index is 13.1. The van der Waals surface area contributed by atoms with E-state index in [1.807, 2.05) is 19.0 Å². The lowest BCUT2D eigenvalue weighted by Gasteiger charge is -2.16. The predicted octanol–water partition coefficient (Wildman–Crippen LogP) is 12.6. The molecule has 1 unspecified atom stereocenters. The van der Waals surface area contributed by atoms with E-state index in [1.165, 1.54) is 154 Å². The molecule has 0 spiro atoms. The van der Waals surface area contributed by atoms with Gasteiger partial charge in [-0.1, -0.05) is 206 Å². The first kappa shape index (κ1) is 54.3. The molecule has 0 radical (unpaired) electrons. The fourth-order valence-corrected chi connectivity index (χ4v) is 8.14. The zero-order valence-corrected chi connectivity index (χ0v) is 37.9. The van der Waals surface area contributed by atoms with Gasteiger partial charge in [-0.2, -0.15) is 8.42 Å². The summed E-state index contributed by atoms with van der Waals surface area (Å²) >= 11 is 0. The minimum atomic E-state index is -4.74. The molecule has 0 amide bonds. The lowest BCUT2D eigenvalue weighted by molar-refractivity contribution is -0.150. The number of ether oxygens (including phenoxy) is 2. The quantitative estimate of drug-likeness (QED) is 0.0337. The third kappa shape index (κ3) is 36.6. The average molecular weight is 816 g/mol. The number of hydrogen-bond acceptors (Lipinski definition) is 9. The molecule has 0 fully saturated rings. The van der Waals surface area contributed by atoms with Crippen LogP contribution in [0.15, 0.2) is 0 Å². The van der Waals surface area contributed by atoms with E-state index in [4.69, 9.17) is 13.7 Å². The van der Waals surface area contributed by atoms with Gasteiger partial charge in [0.15, 0.2) is 0 Å². The minimum Gasteiger partial charge on any atom is -0.466 e. The molecule has 332 valence electrons. The second-order valence-corrected chi connectivity index (χ2v) is 18.3. The molecule has 10 heteroatoms. The number of carbonyl (C=O) groups is 3. The van der Waals surface area contributed by atoms with Crippen molar-refractivity contribution in [3.8, 4) is 0 Å². The van der Waals surface area contributed by atoms with Crippen molar-refractivity contribution in [2.75, 3.05) is 33.9 Å². The topological polar surface area (TPSA) is 116 Å². The summed E-state index contributed by atoms with van der Waals surface area (Å²) in [5.74, 6) is -2.85. The van der Waals surface area contributed by atoms with Gasteiger partial charge in [0.2, 0.25) is 5.25 Å². The highest BCUT2D eigenvalue weighted by Gasteiger charge is 2.39. The van der Waals surface area contributed by atoms with Gasteiger partial charge in [-0.3, -0.25) is 14.4 Å². The molecule has 0 aromatic rings. The van der Waals surface area contributed by atoms with Crippen molar-refractivity contribution in [1.82, 2.24) is 4.90 Å². The van der Waals surface area contributed by atoms with Crippen LogP contribution in [0.3, 0.4) is 0 Å². The van der Waals surface area contributed by atoms with Gasteiger partial charge in [-0.25, -0.2) is 0 Å². The smallest absolute Gasteiger partial charge is 0.328 e. The van der Waals surface area contributed by atoms with Crippen LogP contribution in [-0.4, -0.2) is 70.3 Å². The van der Waals surface area contributed by atoms with Crippen molar-refractivity contribution in [3.05, 3.63) is 0 Å². The molecular weight excluding hydrogens is 727 g/mol. The predicted molar refractivity (Wildman–Crippen MR) is 232 cm³/mol. The third-order valence-electron chi connectivity index (χ3n) is 10.7. The summed E-state index contributed by atoms with van der Waals surface area (Å²) in [5, 5.41) is -1.94. The molecule has 0 rings (SSSR count). The van der Waals surface area contributed by atoms with Crippen molar-refractivity contribution < 1.29 is 36.5 Å². The molecular formula is C46H89NO8S. The second-order valence-electron chi connectivity index (χ2n) is 16.5. The Hall–Kier alpha value is -1.68. The fourth-order valence-electron chi connectivity index (χ4n) is 7.03. The number of unbranched alkanes of at least 4 members (excludes halogenated alkanes) is 30. The molecule has 0 saturated heterocycles. The molecule has 0 bridgehead atoms. The summed E-state index contributed by atoms with van der Waals surface area (Å²) in [4.78, 5) is 39.9. The van der Waals surface area contributed by atoms with E-state index in [-0.39, 0.29) is 19.6 Å². The van der Waals surface area contributed by atoms with Crippen LogP contribution >= 0.6 is 0 Å². The Balaban J connectivity index is 4.37. The zero-order chi connectivity index (χ0) is 41.4. The van der Waals surface area contributed by atoms with E-state index in [0.29, 0.717) is 25.8 Å². The average Bonchev–Trinajstić information content (AvgIpc) is 3.15. The lowest BCUT2D eigenvalue weighted by atomic mass is 10.0. The summed E-state index contributed by atoms with van der Waals surface area (Å²) in [6, 6.07) is 0. The van der Waals surface area contributed by atoms with Gasteiger partial charge in [0.25, 0.3) is 0 Å². The number of hydrogen-bond donors (Lipinski definition) is 0. The van der Waals surface area contributed by atoms with Crippen LogP contribution in [0, 0.1) is 0 Å². The standard InChI is InChI=1S/C46H89NO8S/c1-5-7-9-11-13-15-17-19-21-23-25-27-29-31-33-35-40-53-45(49)42-43(56(51,52)55-44(48)38-37-39-47(3)4)46(50)54-41-36-34-32-30-28-26-24-22-20-18-16-14-12-10-8-6-2/h43H,5-42H2,1-4H3. The monoisotopic (exact) mass is 816 g/mol. The van der Waals surface area contributed by atoms with Gasteiger partial charge in [0.05, 0.1) is 19.6 Å². The van der Waals surface area contributed by atoms with Gasteiger partial charge < -0.3 is 18.6 Å². The highest BCUT2D eigenvalue weighted by Crippen LogP contribution is 2.18. The molecule has 0 aliphatic carbocycles. The first-order chi connectivity index (χ1) is 27.1. The lowest BCUT2D eigenvalue weighted by Crippen LogP contribution is -2.37. The Morgan fingerprint density at radius 3 is 1.11 bits per heavy atom. The molecule has 0 heterocycles. The number of nitrogens with zero attached hydrogens (tertiary/aromatic N) is 1. The van der Waals surface area contributed by atoms with Crippen molar-refractivity contribution in [3.63, 3.8) is 0 Å². The van der Waals surface area contributed by atoms with Gasteiger partial charge >= 0.3 is 28.0 Å². The largest absolute Gasteiger partial charge is 0.466 e. The Labute approximate surface area is 346 Å². The molecule has 56 heavy (non-hydrogen) atoms. The zero-order valence-electron chi connectivity index (χ0n) is 37.1. The van der Waals surface area contributed by atoms with E-state index in [2.05, 4.69) is 13.8 Å². The Morgan fingerprint density at radius 1 is 0.446 bits per heavy atom. The normalized spacial score (nSPS) is 12.2. The second kappa shape index (κ2) is 40.1. The van der Waals surface area contributed by atoms with E-state index >= 15 is 0 Å². The van der Waals surface area contributed by atoms with E-state index in [9.17, 15) is 22.8 Å². The minimum absolute atomic E-state index is 0.0499. The van der Waals surface area contributed by atoms with Crippen molar-refractivity contribution in [1.29, 1.82) is 0 Å². The first-order valence-electron chi connectivity index (χ1n) is 23.6. The van der Waals surface area contributed by atoms with Gasteiger partial charge in [0.1, 0.15) is 0 Å². The van der Waals surface area contributed by atoms with Crippen LogP contribution in [0.2, 0.25) is 0 Å². The van der Waals surface area contributed by atoms with Crippen molar-refractivity contribution >= 4 is 28.0 Å². The molecule has 9 nitrogen and oxygen atoms in total. The molecule has 0 aromatic heterocycles. The maximum atomic E-state index is 13.1. The number of rotatable bonds is 43. The summed E-state index contributed by atoms with van der Waals surface area (Å²) in [6.07, 6.45) is 38.8. The van der Waals surface area contributed by atoms with Gasteiger partial charge in [-0.15, -0.1) is 0 Å². The third-order valence-corrected chi connectivity index (χ3v) is 12.1. The van der Waals surface area contributed by atoms with Crippen molar-refractivity contribution in [2.24, 2.45) is 0 Å². The van der Waals surface area contributed by atoms with Crippen LogP contribution in [-0.2, 0) is 38.2 Å². The van der Waals surface area contributed by atoms with Crippen LogP contribution in [0.1, 0.15) is 239 Å². The Kier molecular flexibility index (Phi) is 38.9. The maximum Gasteiger partial charge on any atom is 0.328 e. The fraction of sp³-hybridized carbons (Fsp3) is 0.935. The number of esters is 2. The van der Waals surface area contributed by atoms with Gasteiger partial charge in [0, 0.05) is 6.42 Å². The first-order valence-corrected chi connectivity index (χ1v) is 25.0.